The summed E-state index contributed by atoms with van der Waals surface area (Å²) in [6, 6.07) is 0. The maximum atomic E-state index is 13.1. The van der Waals surface area contributed by atoms with Gasteiger partial charge in [-0.15, -0.1) is 0 Å². The van der Waals surface area contributed by atoms with E-state index in [1.165, 1.54) is 11.2 Å². The van der Waals surface area contributed by atoms with Gasteiger partial charge in [0.05, 0.1) is 33.0 Å². The Morgan fingerprint density at radius 1 is 0.947 bits per heavy atom. The van der Waals surface area contributed by atoms with Crippen LogP contribution in [0.15, 0.2) is 12.5 Å². The lowest BCUT2D eigenvalue weighted by atomic mass is 10.2. The van der Waals surface area contributed by atoms with Gasteiger partial charge >= 0.3 is 13.9 Å². The molecule has 1 N–H and O–H groups in total. The highest BCUT2D eigenvalue weighted by Gasteiger charge is 2.29. The number of aromatic amines is 1. The second kappa shape index (κ2) is 16.0. The van der Waals surface area contributed by atoms with Gasteiger partial charge in [-0.3, -0.25) is 13.6 Å². The number of aromatic nitrogens is 3. The van der Waals surface area contributed by atoms with Crippen LogP contribution in [0.4, 0.5) is 4.79 Å². The van der Waals surface area contributed by atoms with Gasteiger partial charge in [-0.25, -0.2) is 14.3 Å². The molecular formula is C26H45N4O7P. The lowest BCUT2D eigenvalue weighted by Gasteiger charge is -2.27. The number of unbranched alkanes of at least 4 members (excludes halogenated alkanes) is 3. The smallest absolute Gasteiger partial charge is 0.474 e. The molecule has 0 saturated heterocycles. The fourth-order valence-corrected chi connectivity index (χ4v) is 4.53. The lowest BCUT2D eigenvalue weighted by molar-refractivity contribution is 0.0187. The maximum Gasteiger partial charge on any atom is 0.474 e. The third-order valence-electron chi connectivity index (χ3n) is 5.36. The van der Waals surface area contributed by atoms with E-state index in [2.05, 4.69) is 21.9 Å². The van der Waals surface area contributed by atoms with Gasteiger partial charge < -0.3 is 19.4 Å². The first-order chi connectivity index (χ1) is 18.1. The number of hydrogen-bond acceptors (Lipinski definition) is 9. The number of hydrogen-bond donors (Lipinski definition) is 1. The van der Waals surface area contributed by atoms with Crippen molar-refractivity contribution in [1.82, 2.24) is 19.9 Å². The molecule has 0 spiro atoms. The number of fused-ring (bicyclic) bond motifs is 1. The van der Waals surface area contributed by atoms with Crippen LogP contribution in [0.2, 0.25) is 0 Å². The van der Waals surface area contributed by atoms with Crippen molar-refractivity contribution in [2.75, 3.05) is 33.0 Å². The van der Waals surface area contributed by atoms with Crippen LogP contribution in [-0.4, -0.2) is 64.5 Å². The third kappa shape index (κ3) is 10.9. The highest BCUT2D eigenvalue weighted by molar-refractivity contribution is 7.48. The molecule has 2 aromatic heterocycles. The van der Waals surface area contributed by atoms with E-state index in [1.54, 1.807) is 27.0 Å². The molecule has 12 heteroatoms. The molecule has 11 nitrogen and oxygen atoms in total. The van der Waals surface area contributed by atoms with Gasteiger partial charge in [0, 0.05) is 18.3 Å². The predicted octanol–water partition coefficient (Wildman–Crippen LogP) is 6.63. The minimum absolute atomic E-state index is 0.0580. The van der Waals surface area contributed by atoms with Crippen molar-refractivity contribution in [1.29, 1.82) is 0 Å². The second-order valence-corrected chi connectivity index (χ2v) is 11.6. The van der Waals surface area contributed by atoms with Crippen LogP contribution in [-0.2, 0) is 29.4 Å². The Morgan fingerprint density at radius 2 is 1.55 bits per heavy atom. The molecule has 216 valence electrons. The van der Waals surface area contributed by atoms with E-state index < -0.39 is 19.5 Å². The van der Waals surface area contributed by atoms with Crippen LogP contribution < -0.4 is 4.74 Å². The molecule has 0 unspecified atom stereocenters. The van der Waals surface area contributed by atoms with Crippen LogP contribution >= 0.6 is 7.82 Å². The molecule has 0 saturated carbocycles. The Labute approximate surface area is 226 Å². The van der Waals surface area contributed by atoms with Gasteiger partial charge in [-0.05, 0) is 40.0 Å². The van der Waals surface area contributed by atoms with Crippen LogP contribution in [0.5, 0.6) is 5.88 Å². The first-order valence-electron chi connectivity index (χ1n) is 13.6. The number of carbonyl (C=O) groups is 1. The molecule has 0 aliphatic rings. The summed E-state index contributed by atoms with van der Waals surface area (Å²) in [7, 11) is -3.76. The third-order valence-corrected chi connectivity index (χ3v) is 6.86. The number of nitrogens with one attached hydrogen (secondary N) is 1. The van der Waals surface area contributed by atoms with Crippen molar-refractivity contribution >= 4 is 24.9 Å². The number of H-pyrrole nitrogens is 1. The Hall–Kier alpha value is -2.20. The minimum atomic E-state index is -3.76. The molecule has 0 atom stereocenters. The van der Waals surface area contributed by atoms with E-state index in [-0.39, 0.29) is 32.9 Å². The van der Waals surface area contributed by atoms with Gasteiger partial charge in [-0.1, -0.05) is 40.0 Å². The molecule has 2 rings (SSSR count). The summed E-state index contributed by atoms with van der Waals surface area (Å²) in [5, 5.41) is 0. The zero-order chi connectivity index (χ0) is 28.0. The summed E-state index contributed by atoms with van der Waals surface area (Å²) < 4.78 is 41.2. The van der Waals surface area contributed by atoms with Crippen molar-refractivity contribution in [3.63, 3.8) is 0 Å². The van der Waals surface area contributed by atoms with E-state index in [4.69, 9.17) is 23.0 Å². The largest absolute Gasteiger partial charge is 0.476 e. The molecular weight excluding hydrogens is 511 g/mol. The van der Waals surface area contributed by atoms with Gasteiger partial charge in [0.2, 0.25) is 5.88 Å². The fraction of sp³-hybridized carbons (Fsp3) is 0.731. The number of phosphoric ester groups is 1. The number of nitrogens with zero attached hydrogens (tertiary/aromatic N) is 3. The van der Waals surface area contributed by atoms with Crippen LogP contribution in [0.25, 0.3) is 11.0 Å². The SMILES string of the molecule is CCCCOc1ncnc2c(CN(CCOP(=O)(OCCCC)OCCCC)C(=O)OC(C)(C)C)c[nH]c12. The molecule has 38 heavy (non-hydrogen) atoms. The van der Waals surface area contributed by atoms with Gasteiger partial charge in [0.15, 0.2) is 0 Å². The molecule has 1 amide bonds. The number of carbonyl (C=O) groups excluding carboxylic acids is 1. The first-order valence-corrected chi connectivity index (χ1v) is 15.0. The first kappa shape index (κ1) is 32.0. The Bertz CT molecular complexity index is 1010. The quantitative estimate of drug-likeness (QED) is 0.159. The highest BCUT2D eigenvalue weighted by Crippen LogP contribution is 2.49. The summed E-state index contributed by atoms with van der Waals surface area (Å²) in [4.78, 5) is 26.4. The number of rotatable bonds is 18. The topological polar surface area (TPSA) is 125 Å². The van der Waals surface area contributed by atoms with E-state index in [0.717, 1.165) is 44.1 Å². The average Bonchev–Trinajstić information content (AvgIpc) is 3.26. The lowest BCUT2D eigenvalue weighted by Crippen LogP contribution is -2.38. The van der Waals surface area contributed by atoms with Gasteiger partial charge in [-0.2, -0.15) is 4.98 Å². The molecule has 2 aromatic rings. The van der Waals surface area contributed by atoms with E-state index in [9.17, 15) is 9.36 Å². The summed E-state index contributed by atoms with van der Waals surface area (Å²) in [6.45, 7) is 12.8. The Kier molecular flexibility index (Phi) is 13.5. The number of phosphoric acid groups is 1. The average molecular weight is 557 g/mol. The van der Waals surface area contributed by atoms with E-state index in [1.807, 2.05) is 13.8 Å². The van der Waals surface area contributed by atoms with Crippen LogP contribution in [0, 0.1) is 0 Å². The summed E-state index contributed by atoms with van der Waals surface area (Å²) >= 11 is 0. The molecule has 2 heterocycles. The van der Waals surface area contributed by atoms with Crippen LogP contribution in [0.1, 0.15) is 85.6 Å². The van der Waals surface area contributed by atoms with Crippen molar-refractivity contribution in [2.45, 2.75) is 92.2 Å². The highest BCUT2D eigenvalue weighted by atomic mass is 31.2. The van der Waals surface area contributed by atoms with Gasteiger partial charge in [0.25, 0.3) is 0 Å². The molecule has 0 fully saturated rings. The molecule has 0 aliphatic carbocycles. The number of ether oxygens (including phenoxy) is 2. The zero-order valence-electron chi connectivity index (χ0n) is 23.8. The molecule has 0 radical (unpaired) electrons. The summed E-state index contributed by atoms with van der Waals surface area (Å²) in [5.74, 6) is 0.469. The standard InChI is InChI=1S/C26H45N4O7P/c1-7-10-14-33-24-23-22(28-20-29-24)21(18-27-23)19-30(25(31)37-26(4,5)6)13-17-36-38(32,34-15-11-8-2)35-16-12-9-3/h18,20,27H,7-17,19H2,1-6H3. The Balaban J connectivity index is 2.17. The minimum Gasteiger partial charge on any atom is -0.476 e. The van der Waals surface area contributed by atoms with E-state index >= 15 is 0 Å². The molecule has 0 aliphatic heterocycles. The van der Waals surface area contributed by atoms with Crippen molar-refractivity contribution < 1.29 is 32.4 Å². The normalized spacial score (nSPS) is 12.2. The predicted molar refractivity (Wildman–Crippen MR) is 146 cm³/mol. The monoisotopic (exact) mass is 556 g/mol. The maximum absolute atomic E-state index is 13.1. The number of amides is 1. The van der Waals surface area contributed by atoms with Crippen molar-refractivity contribution in [3.8, 4) is 5.88 Å². The summed E-state index contributed by atoms with van der Waals surface area (Å²) in [5.41, 5.74) is 1.38. The molecule has 0 bridgehead atoms. The zero-order valence-corrected chi connectivity index (χ0v) is 24.7. The second-order valence-electron chi connectivity index (χ2n) is 9.97. The van der Waals surface area contributed by atoms with Crippen molar-refractivity contribution in [2.24, 2.45) is 0 Å². The Morgan fingerprint density at radius 3 is 2.16 bits per heavy atom. The summed E-state index contributed by atoms with van der Waals surface area (Å²) in [6.07, 6.45) is 7.87. The molecule has 0 aromatic carbocycles. The van der Waals surface area contributed by atoms with Crippen LogP contribution in [0.3, 0.4) is 0 Å². The fourth-order valence-electron chi connectivity index (χ4n) is 3.30. The van der Waals surface area contributed by atoms with Crippen molar-refractivity contribution in [3.05, 3.63) is 18.1 Å². The van der Waals surface area contributed by atoms with E-state index in [0.29, 0.717) is 23.5 Å². The van der Waals surface area contributed by atoms with Gasteiger partial charge in [0.1, 0.15) is 23.0 Å².